The molecule has 0 aliphatic carbocycles. The van der Waals surface area contributed by atoms with Gasteiger partial charge in [-0.2, -0.15) is 0 Å². The van der Waals surface area contributed by atoms with Gasteiger partial charge in [-0.15, -0.1) is 0 Å². The number of H-pyrrole nitrogens is 1. The summed E-state index contributed by atoms with van der Waals surface area (Å²) in [4.78, 5) is 13.6. The molecule has 3 N–H and O–H groups in total. The lowest BCUT2D eigenvalue weighted by molar-refractivity contribution is 0.536. The summed E-state index contributed by atoms with van der Waals surface area (Å²) in [6.07, 6.45) is 1.97. The second kappa shape index (κ2) is 4.53. The van der Waals surface area contributed by atoms with Gasteiger partial charge in [0, 0.05) is 0 Å². The molecule has 86 valence electrons. The number of benzene rings is 1. The Balaban J connectivity index is 2.22. The van der Waals surface area contributed by atoms with E-state index in [0.717, 1.165) is 18.4 Å². The molecule has 0 saturated heterocycles. The van der Waals surface area contributed by atoms with Gasteiger partial charge in [-0.05, 0) is 43.0 Å². The first-order chi connectivity index (χ1) is 7.69. The van der Waals surface area contributed by atoms with Crippen LogP contribution in [0.3, 0.4) is 0 Å². The average molecular weight is 220 g/mol. The van der Waals surface area contributed by atoms with Crippen LogP contribution in [0.5, 0.6) is 0 Å². The lowest BCUT2D eigenvalue weighted by atomic mass is 9.98. The van der Waals surface area contributed by atoms with Crippen molar-refractivity contribution in [3.63, 3.8) is 0 Å². The number of rotatable bonds is 4. The minimum atomic E-state index is -0.401. The predicted molar refractivity (Wildman–Crippen MR) is 63.4 cm³/mol. The minimum Gasteiger partial charge on any atom is -0.408 e. The Labute approximate surface area is 93.5 Å². The molecule has 4 heteroatoms. The Morgan fingerprint density at radius 1 is 1.50 bits per heavy atom. The number of aromatic amines is 1. The van der Waals surface area contributed by atoms with E-state index in [-0.39, 0.29) is 0 Å². The summed E-state index contributed by atoms with van der Waals surface area (Å²) >= 11 is 0. The smallest absolute Gasteiger partial charge is 0.408 e. The fourth-order valence-corrected chi connectivity index (χ4v) is 1.91. The van der Waals surface area contributed by atoms with Crippen molar-refractivity contribution in [2.24, 2.45) is 11.7 Å². The van der Waals surface area contributed by atoms with Crippen molar-refractivity contribution < 1.29 is 4.42 Å². The van der Waals surface area contributed by atoms with Crippen molar-refractivity contribution in [3.05, 3.63) is 34.3 Å². The Hall–Kier alpha value is -1.55. The maximum Gasteiger partial charge on any atom is 0.417 e. The second-order valence-corrected chi connectivity index (χ2v) is 4.23. The molecule has 2 aromatic rings. The van der Waals surface area contributed by atoms with Crippen molar-refractivity contribution in [3.8, 4) is 0 Å². The number of nitrogens with two attached hydrogens (primary N) is 1. The van der Waals surface area contributed by atoms with Crippen LogP contribution in [0.1, 0.15) is 18.9 Å². The van der Waals surface area contributed by atoms with Crippen molar-refractivity contribution in [2.75, 3.05) is 6.54 Å². The van der Waals surface area contributed by atoms with Gasteiger partial charge < -0.3 is 10.2 Å². The van der Waals surface area contributed by atoms with Crippen molar-refractivity contribution in [2.45, 2.75) is 19.8 Å². The van der Waals surface area contributed by atoms with Gasteiger partial charge in [0.25, 0.3) is 0 Å². The lowest BCUT2D eigenvalue weighted by Crippen LogP contribution is -2.07. The van der Waals surface area contributed by atoms with Crippen molar-refractivity contribution >= 4 is 11.1 Å². The van der Waals surface area contributed by atoms with Gasteiger partial charge in [0.05, 0.1) is 5.52 Å². The van der Waals surface area contributed by atoms with Crippen LogP contribution in [0, 0.1) is 5.92 Å². The van der Waals surface area contributed by atoms with Gasteiger partial charge in [0.1, 0.15) is 0 Å². The first kappa shape index (κ1) is 11.0. The summed E-state index contributed by atoms with van der Waals surface area (Å²) in [5.41, 5.74) is 8.07. The highest BCUT2D eigenvalue weighted by Crippen LogP contribution is 2.16. The van der Waals surface area contributed by atoms with Crippen LogP contribution in [0.4, 0.5) is 0 Å². The molecule has 1 heterocycles. The molecule has 0 saturated carbocycles. The summed E-state index contributed by atoms with van der Waals surface area (Å²) in [6, 6.07) is 5.81. The summed E-state index contributed by atoms with van der Waals surface area (Å²) in [6.45, 7) is 2.88. The molecule has 4 nitrogen and oxygen atoms in total. The summed E-state index contributed by atoms with van der Waals surface area (Å²) in [5, 5.41) is 0. The molecule has 0 aliphatic rings. The monoisotopic (exact) mass is 220 g/mol. The van der Waals surface area contributed by atoms with Crippen LogP contribution in [0.2, 0.25) is 0 Å². The van der Waals surface area contributed by atoms with Gasteiger partial charge in [-0.25, -0.2) is 4.79 Å². The number of aromatic nitrogens is 1. The molecule has 1 unspecified atom stereocenters. The van der Waals surface area contributed by atoms with Gasteiger partial charge in [0.2, 0.25) is 0 Å². The van der Waals surface area contributed by atoms with Crippen LogP contribution >= 0.6 is 0 Å². The number of oxazole rings is 1. The molecule has 0 radical (unpaired) electrons. The van der Waals surface area contributed by atoms with Crippen molar-refractivity contribution in [1.82, 2.24) is 4.98 Å². The van der Waals surface area contributed by atoms with Gasteiger partial charge in [-0.1, -0.05) is 13.0 Å². The maximum absolute atomic E-state index is 11.0. The van der Waals surface area contributed by atoms with Crippen LogP contribution in [0.25, 0.3) is 11.1 Å². The summed E-state index contributed by atoms with van der Waals surface area (Å²) in [5.74, 6) is 0.148. The zero-order valence-corrected chi connectivity index (χ0v) is 9.32. The Morgan fingerprint density at radius 2 is 2.31 bits per heavy atom. The molecule has 1 aromatic heterocycles. The van der Waals surface area contributed by atoms with E-state index in [4.69, 9.17) is 10.2 Å². The van der Waals surface area contributed by atoms with Gasteiger partial charge in [-0.3, -0.25) is 4.98 Å². The zero-order valence-electron chi connectivity index (χ0n) is 9.32. The topological polar surface area (TPSA) is 72.0 Å². The molecule has 0 amide bonds. The molecule has 0 aliphatic heterocycles. The molecule has 16 heavy (non-hydrogen) atoms. The van der Waals surface area contributed by atoms with E-state index >= 15 is 0 Å². The van der Waals surface area contributed by atoms with Crippen LogP contribution in [-0.4, -0.2) is 11.5 Å². The fraction of sp³-hybridized carbons (Fsp3) is 0.417. The van der Waals surface area contributed by atoms with E-state index in [1.165, 1.54) is 5.56 Å². The summed E-state index contributed by atoms with van der Waals surface area (Å²) in [7, 11) is 0. The maximum atomic E-state index is 11.0. The first-order valence-corrected chi connectivity index (χ1v) is 5.51. The van der Waals surface area contributed by atoms with E-state index in [9.17, 15) is 4.79 Å². The zero-order chi connectivity index (χ0) is 11.5. The molecule has 0 bridgehead atoms. The molecule has 2 rings (SSSR count). The van der Waals surface area contributed by atoms with E-state index < -0.39 is 5.76 Å². The van der Waals surface area contributed by atoms with Crippen LogP contribution in [-0.2, 0) is 6.42 Å². The van der Waals surface area contributed by atoms with Crippen LogP contribution in [0.15, 0.2) is 27.4 Å². The van der Waals surface area contributed by atoms with Gasteiger partial charge >= 0.3 is 5.76 Å². The lowest BCUT2D eigenvalue weighted by Gasteiger charge is -2.09. The predicted octanol–water partition coefficient (Wildman–Crippen LogP) is 1.65. The number of hydrogen-bond acceptors (Lipinski definition) is 3. The molecule has 1 atom stereocenters. The highest BCUT2D eigenvalue weighted by atomic mass is 16.4. The third-order valence-corrected chi connectivity index (χ3v) is 2.73. The average Bonchev–Trinajstić information content (AvgIpc) is 2.57. The third kappa shape index (κ3) is 2.33. The van der Waals surface area contributed by atoms with E-state index in [0.29, 0.717) is 18.0 Å². The Kier molecular flexibility index (Phi) is 3.10. The normalized spacial score (nSPS) is 13.1. The van der Waals surface area contributed by atoms with E-state index in [1.54, 1.807) is 0 Å². The second-order valence-electron chi connectivity index (χ2n) is 4.23. The quantitative estimate of drug-likeness (QED) is 0.822. The summed E-state index contributed by atoms with van der Waals surface area (Å²) < 4.78 is 5.01. The van der Waals surface area contributed by atoms with Gasteiger partial charge in [0.15, 0.2) is 5.58 Å². The highest BCUT2D eigenvalue weighted by Gasteiger charge is 2.06. The van der Waals surface area contributed by atoms with E-state index in [1.807, 2.05) is 18.2 Å². The molecule has 0 spiro atoms. The standard InChI is InChI=1S/C12H16N2O2/c1-8(4-5-13)6-9-2-3-10-11(7-9)16-12(15)14-10/h2-3,7-8H,4-6,13H2,1H3,(H,14,15). The third-order valence-electron chi connectivity index (χ3n) is 2.73. The minimum absolute atomic E-state index is 0.401. The SMILES string of the molecule is CC(CCN)Cc1ccc2[nH]c(=O)oc2c1. The Morgan fingerprint density at radius 3 is 3.06 bits per heavy atom. The Bertz CT molecular complexity index is 527. The number of nitrogens with one attached hydrogen (secondary N) is 1. The molecular formula is C12H16N2O2. The number of hydrogen-bond donors (Lipinski definition) is 2. The molecular weight excluding hydrogens is 204 g/mol. The highest BCUT2D eigenvalue weighted by molar-refractivity contribution is 5.72. The molecule has 1 aromatic carbocycles. The first-order valence-electron chi connectivity index (χ1n) is 5.51. The van der Waals surface area contributed by atoms with Crippen LogP contribution < -0.4 is 11.5 Å². The largest absolute Gasteiger partial charge is 0.417 e. The molecule has 0 fully saturated rings. The fourth-order valence-electron chi connectivity index (χ4n) is 1.91. The van der Waals surface area contributed by atoms with E-state index in [2.05, 4.69) is 11.9 Å². The number of fused-ring (bicyclic) bond motifs is 1. The van der Waals surface area contributed by atoms with Crippen molar-refractivity contribution in [1.29, 1.82) is 0 Å².